The second kappa shape index (κ2) is 11.2. The van der Waals surface area contributed by atoms with Crippen LogP contribution in [0.25, 0.3) is 11.1 Å². The molecule has 1 atom stereocenters. The fraction of sp³-hybridized carbons (Fsp3) is 0.400. The predicted octanol–water partition coefficient (Wildman–Crippen LogP) is 3.83. The Balaban J connectivity index is 1.68. The van der Waals surface area contributed by atoms with E-state index >= 15 is 0 Å². The lowest BCUT2D eigenvalue weighted by molar-refractivity contribution is -0.145. The summed E-state index contributed by atoms with van der Waals surface area (Å²) in [6.45, 7) is 3.64. The average molecular weight is 471 g/mol. The van der Waals surface area contributed by atoms with Gasteiger partial charge in [0.15, 0.2) is 0 Å². The molecule has 2 aromatic carbocycles. The van der Waals surface area contributed by atoms with Crippen LogP contribution in [-0.4, -0.2) is 65.7 Å². The highest BCUT2D eigenvalue weighted by Crippen LogP contribution is 2.44. The summed E-state index contributed by atoms with van der Waals surface area (Å²) in [5.41, 5.74) is 4.48. The minimum atomic E-state index is -1.09. The second-order valence-electron chi connectivity index (χ2n) is 8.34. The number of aliphatic carboxylic acids is 1. The van der Waals surface area contributed by atoms with Crippen LogP contribution in [0.1, 0.15) is 30.9 Å². The van der Waals surface area contributed by atoms with Crippen molar-refractivity contribution in [2.75, 3.05) is 31.7 Å². The Labute approximate surface area is 198 Å². The topological polar surface area (TPSA) is 95.9 Å². The highest BCUT2D eigenvalue weighted by molar-refractivity contribution is 7.98. The number of amides is 2. The van der Waals surface area contributed by atoms with Crippen molar-refractivity contribution in [3.8, 4) is 11.1 Å². The van der Waals surface area contributed by atoms with E-state index in [9.17, 15) is 19.5 Å². The van der Waals surface area contributed by atoms with E-state index < -0.39 is 30.6 Å². The number of nitrogens with one attached hydrogen (secondary N) is 1. The molecule has 2 aromatic rings. The Hall–Kier alpha value is -3.00. The van der Waals surface area contributed by atoms with Gasteiger partial charge in [0.2, 0.25) is 5.91 Å². The van der Waals surface area contributed by atoms with Gasteiger partial charge < -0.3 is 20.1 Å². The largest absolute Gasteiger partial charge is 0.480 e. The van der Waals surface area contributed by atoms with E-state index in [0.717, 1.165) is 22.3 Å². The van der Waals surface area contributed by atoms with Crippen LogP contribution in [0.5, 0.6) is 0 Å². The fourth-order valence-corrected chi connectivity index (χ4v) is 4.51. The average Bonchev–Trinajstić information content (AvgIpc) is 3.11. The number of hydrogen-bond donors (Lipinski definition) is 2. The lowest BCUT2D eigenvalue weighted by Gasteiger charge is -2.28. The maximum absolute atomic E-state index is 13.0. The maximum atomic E-state index is 13.0. The van der Waals surface area contributed by atoms with Crippen molar-refractivity contribution in [3.63, 3.8) is 0 Å². The van der Waals surface area contributed by atoms with Gasteiger partial charge in [0.05, 0.1) is 0 Å². The zero-order valence-electron chi connectivity index (χ0n) is 19.1. The van der Waals surface area contributed by atoms with Gasteiger partial charge in [-0.2, -0.15) is 11.8 Å². The highest BCUT2D eigenvalue weighted by Gasteiger charge is 2.32. The van der Waals surface area contributed by atoms with Crippen LogP contribution in [0.2, 0.25) is 0 Å². The first-order chi connectivity index (χ1) is 15.8. The van der Waals surface area contributed by atoms with Crippen molar-refractivity contribution in [2.24, 2.45) is 5.92 Å². The molecule has 0 heterocycles. The number of carboxylic acids is 1. The van der Waals surface area contributed by atoms with Crippen LogP contribution in [0.3, 0.4) is 0 Å². The molecule has 2 amide bonds. The van der Waals surface area contributed by atoms with Gasteiger partial charge in [0.1, 0.15) is 19.2 Å². The smallest absolute Gasteiger partial charge is 0.407 e. The molecule has 1 aliphatic carbocycles. The Bertz CT molecular complexity index is 964. The first-order valence-electron chi connectivity index (χ1n) is 10.9. The molecule has 0 saturated heterocycles. The third-order valence-corrected chi connectivity index (χ3v) is 6.34. The van der Waals surface area contributed by atoms with Crippen LogP contribution in [-0.2, 0) is 14.3 Å². The molecule has 176 valence electrons. The molecule has 1 aliphatic rings. The molecule has 7 nitrogen and oxygen atoms in total. The Morgan fingerprint density at radius 2 is 1.64 bits per heavy atom. The molecular weight excluding hydrogens is 440 g/mol. The summed E-state index contributed by atoms with van der Waals surface area (Å²) in [7, 11) is 0. The van der Waals surface area contributed by atoms with E-state index in [4.69, 9.17) is 4.74 Å². The molecular formula is C25H30N2O5S. The lowest BCUT2D eigenvalue weighted by atomic mass is 9.98. The van der Waals surface area contributed by atoms with Crippen molar-refractivity contribution in [2.45, 2.75) is 25.8 Å². The molecule has 0 aromatic heterocycles. The Morgan fingerprint density at radius 3 is 2.15 bits per heavy atom. The van der Waals surface area contributed by atoms with E-state index in [1.807, 2.05) is 42.7 Å². The summed E-state index contributed by atoms with van der Waals surface area (Å²) in [5, 5.41) is 11.9. The van der Waals surface area contributed by atoms with Gasteiger partial charge in [0.25, 0.3) is 0 Å². The van der Waals surface area contributed by atoms with Gasteiger partial charge in [0, 0.05) is 18.2 Å². The van der Waals surface area contributed by atoms with Crippen LogP contribution in [0.15, 0.2) is 48.5 Å². The minimum Gasteiger partial charge on any atom is -0.480 e. The summed E-state index contributed by atoms with van der Waals surface area (Å²) >= 11 is 1.52. The number of rotatable bonds is 10. The SMILES string of the molecule is CSCCN(CC(=O)O)C(=O)[C@H](NC(=O)OCC1c2ccccc2-c2ccccc21)C(C)C. The normalized spacial score (nSPS) is 13.2. The molecule has 0 saturated carbocycles. The summed E-state index contributed by atoms with van der Waals surface area (Å²) < 4.78 is 5.57. The summed E-state index contributed by atoms with van der Waals surface area (Å²) in [5.74, 6) is -1.22. The molecule has 8 heteroatoms. The molecule has 33 heavy (non-hydrogen) atoms. The number of nitrogens with zero attached hydrogens (tertiary/aromatic N) is 1. The van der Waals surface area contributed by atoms with Crippen molar-refractivity contribution in [1.29, 1.82) is 0 Å². The highest BCUT2D eigenvalue weighted by atomic mass is 32.2. The number of thioether (sulfide) groups is 1. The van der Waals surface area contributed by atoms with Crippen molar-refractivity contribution in [3.05, 3.63) is 59.7 Å². The molecule has 0 bridgehead atoms. The van der Waals surface area contributed by atoms with Gasteiger partial charge in [-0.25, -0.2) is 4.79 Å². The summed E-state index contributed by atoms with van der Waals surface area (Å²) in [4.78, 5) is 38.2. The zero-order valence-corrected chi connectivity index (χ0v) is 19.9. The number of ether oxygens (including phenoxy) is 1. The molecule has 2 N–H and O–H groups in total. The minimum absolute atomic E-state index is 0.0820. The molecule has 0 unspecified atom stereocenters. The quantitative estimate of drug-likeness (QED) is 0.548. The van der Waals surface area contributed by atoms with Gasteiger partial charge in [-0.1, -0.05) is 62.4 Å². The Kier molecular flexibility index (Phi) is 8.38. The van der Waals surface area contributed by atoms with Gasteiger partial charge in [-0.15, -0.1) is 0 Å². The standard InChI is InChI=1S/C25H30N2O5S/c1-16(2)23(24(30)27(12-13-33-3)14-22(28)29)26-25(31)32-15-21-19-10-6-4-8-17(19)18-9-5-7-11-20(18)21/h4-11,16,21,23H,12-15H2,1-3H3,(H,26,31)(H,28,29)/t23-/m1/s1. The number of alkyl carbamates (subject to hydrolysis) is 1. The number of fused-ring (bicyclic) bond motifs is 3. The first kappa shape index (κ1) is 24.6. The Morgan fingerprint density at radius 1 is 1.06 bits per heavy atom. The monoisotopic (exact) mass is 470 g/mol. The molecule has 3 rings (SSSR count). The van der Waals surface area contributed by atoms with E-state index in [2.05, 4.69) is 17.4 Å². The molecule has 0 radical (unpaired) electrons. The van der Waals surface area contributed by atoms with Crippen molar-refractivity contribution >= 4 is 29.7 Å². The van der Waals surface area contributed by atoms with E-state index in [0.29, 0.717) is 12.3 Å². The van der Waals surface area contributed by atoms with Gasteiger partial charge >= 0.3 is 12.1 Å². The third kappa shape index (κ3) is 5.87. The number of carbonyl (C=O) groups excluding carboxylic acids is 2. The van der Waals surface area contributed by atoms with Gasteiger partial charge in [-0.05, 0) is 34.4 Å². The first-order valence-corrected chi connectivity index (χ1v) is 12.3. The van der Waals surface area contributed by atoms with E-state index in [-0.39, 0.29) is 18.4 Å². The van der Waals surface area contributed by atoms with Crippen molar-refractivity contribution in [1.82, 2.24) is 10.2 Å². The molecule has 0 fully saturated rings. The summed E-state index contributed by atoms with van der Waals surface area (Å²) in [6, 6.07) is 15.2. The van der Waals surface area contributed by atoms with E-state index in [1.165, 1.54) is 16.7 Å². The van der Waals surface area contributed by atoms with E-state index in [1.54, 1.807) is 13.8 Å². The number of hydrogen-bond acceptors (Lipinski definition) is 5. The van der Waals surface area contributed by atoms with Crippen LogP contribution in [0.4, 0.5) is 4.79 Å². The molecule has 0 spiro atoms. The van der Waals surface area contributed by atoms with Crippen LogP contribution < -0.4 is 5.32 Å². The summed E-state index contributed by atoms with van der Waals surface area (Å²) in [6.07, 6.45) is 1.20. The number of carbonyl (C=O) groups is 3. The lowest BCUT2D eigenvalue weighted by Crippen LogP contribution is -2.53. The predicted molar refractivity (Wildman–Crippen MR) is 129 cm³/mol. The van der Waals surface area contributed by atoms with Crippen molar-refractivity contribution < 1.29 is 24.2 Å². The number of carboxylic acid groups (broad SMARTS) is 1. The third-order valence-electron chi connectivity index (χ3n) is 5.75. The second-order valence-corrected chi connectivity index (χ2v) is 9.32. The fourth-order valence-electron chi connectivity index (χ4n) is 4.11. The zero-order chi connectivity index (χ0) is 24.0. The number of benzene rings is 2. The maximum Gasteiger partial charge on any atom is 0.407 e. The van der Waals surface area contributed by atoms with Gasteiger partial charge in [-0.3, -0.25) is 9.59 Å². The van der Waals surface area contributed by atoms with Crippen LogP contribution >= 0.6 is 11.8 Å². The molecule has 0 aliphatic heterocycles. The van der Waals surface area contributed by atoms with Crippen LogP contribution in [0, 0.1) is 5.92 Å².